The second-order valence-corrected chi connectivity index (χ2v) is 6.56. The number of thiazole rings is 1. The normalized spacial score (nSPS) is 19.6. The number of aromatic nitrogens is 1. The van der Waals surface area contributed by atoms with Gasteiger partial charge in [-0.05, 0) is 32.4 Å². The molecule has 4 nitrogen and oxygen atoms in total. The van der Waals surface area contributed by atoms with E-state index in [1.165, 1.54) is 29.9 Å². The van der Waals surface area contributed by atoms with Gasteiger partial charge in [0, 0.05) is 16.7 Å². The quantitative estimate of drug-likeness (QED) is 0.862. The first-order valence-electron chi connectivity index (χ1n) is 6.19. The highest BCUT2D eigenvalue weighted by atomic mass is 32.2. The fourth-order valence-electron chi connectivity index (χ4n) is 1.88. The summed E-state index contributed by atoms with van der Waals surface area (Å²) in [7, 11) is 0. The van der Waals surface area contributed by atoms with Crippen molar-refractivity contribution in [1.82, 2.24) is 4.98 Å². The molecule has 100 valence electrons. The number of anilines is 1. The average Bonchev–Trinajstić information content (AvgIpc) is 2.72. The molecule has 2 rings (SSSR count). The third-order valence-corrected chi connectivity index (χ3v) is 4.87. The number of rotatable bonds is 4. The minimum absolute atomic E-state index is 0.322. The van der Waals surface area contributed by atoms with Crippen LogP contribution in [0, 0.1) is 6.92 Å². The van der Waals surface area contributed by atoms with Crippen molar-refractivity contribution in [3.05, 3.63) is 10.6 Å². The fraction of sp³-hybridized carbons (Fsp3) is 0.667. The summed E-state index contributed by atoms with van der Waals surface area (Å²) < 4.78 is 4.99. The molecule has 1 unspecified atom stereocenters. The molecule has 0 bridgehead atoms. The first-order valence-corrected chi connectivity index (χ1v) is 8.16. The Bertz CT molecular complexity index is 414. The minimum Gasteiger partial charge on any atom is -0.461 e. The summed E-state index contributed by atoms with van der Waals surface area (Å²) in [5.41, 5.74) is 0.452. The lowest BCUT2D eigenvalue weighted by Gasteiger charge is -2.21. The minimum atomic E-state index is -0.322. The molecule has 0 amide bonds. The maximum absolute atomic E-state index is 11.7. The summed E-state index contributed by atoms with van der Waals surface area (Å²) in [4.78, 5) is 16.9. The molecule has 0 saturated carbocycles. The van der Waals surface area contributed by atoms with Crippen LogP contribution in [0.2, 0.25) is 0 Å². The molecule has 0 spiro atoms. The molecular formula is C12H18N2O2S2. The second kappa shape index (κ2) is 6.43. The van der Waals surface area contributed by atoms with E-state index in [-0.39, 0.29) is 5.97 Å². The molecular weight excluding hydrogens is 268 g/mol. The summed E-state index contributed by atoms with van der Waals surface area (Å²) in [5.74, 6) is 2.05. The van der Waals surface area contributed by atoms with Gasteiger partial charge in [0.2, 0.25) is 0 Å². The van der Waals surface area contributed by atoms with Crippen LogP contribution in [-0.2, 0) is 4.74 Å². The van der Waals surface area contributed by atoms with Crippen molar-refractivity contribution in [2.75, 3.05) is 23.4 Å². The van der Waals surface area contributed by atoms with Gasteiger partial charge in [0.15, 0.2) is 10.8 Å². The highest BCUT2D eigenvalue weighted by Crippen LogP contribution is 2.26. The molecule has 18 heavy (non-hydrogen) atoms. The first-order chi connectivity index (χ1) is 8.70. The molecule has 1 fully saturated rings. The molecule has 1 atom stereocenters. The molecule has 2 heterocycles. The Morgan fingerprint density at radius 2 is 2.44 bits per heavy atom. The highest BCUT2D eigenvalue weighted by Gasteiger charge is 2.19. The third-order valence-electron chi connectivity index (χ3n) is 2.75. The van der Waals surface area contributed by atoms with Gasteiger partial charge in [-0.1, -0.05) is 0 Å². The monoisotopic (exact) mass is 286 g/mol. The van der Waals surface area contributed by atoms with Gasteiger partial charge in [-0.2, -0.15) is 11.8 Å². The molecule has 1 saturated heterocycles. The summed E-state index contributed by atoms with van der Waals surface area (Å²) >= 11 is 3.50. The van der Waals surface area contributed by atoms with E-state index in [0.717, 1.165) is 15.8 Å². The number of carbonyl (C=O) groups is 1. The van der Waals surface area contributed by atoms with E-state index in [1.54, 1.807) is 6.92 Å². The van der Waals surface area contributed by atoms with Crippen molar-refractivity contribution in [2.24, 2.45) is 0 Å². The number of carbonyl (C=O) groups excluding carboxylic acids is 1. The maximum Gasteiger partial charge on any atom is 0.358 e. The number of aryl methyl sites for hydroxylation is 1. The number of hydrogen-bond donors (Lipinski definition) is 1. The van der Waals surface area contributed by atoms with Gasteiger partial charge >= 0.3 is 5.97 Å². The van der Waals surface area contributed by atoms with Crippen LogP contribution in [0.3, 0.4) is 0 Å². The van der Waals surface area contributed by atoms with Crippen molar-refractivity contribution < 1.29 is 9.53 Å². The lowest BCUT2D eigenvalue weighted by molar-refractivity contribution is 0.0519. The number of thioether (sulfide) groups is 1. The largest absolute Gasteiger partial charge is 0.461 e. The van der Waals surface area contributed by atoms with E-state index < -0.39 is 0 Å². The van der Waals surface area contributed by atoms with Crippen LogP contribution in [0.5, 0.6) is 0 Å². The summed E-state index contributed by atoms with van der Waals surface area (Å²) in [6.07, 6.45) is 2.43. The highest BCUT2D eigenvalue weighted by molar-refractivity contribution is 7.99. The van der Waals surface area contributed by atoms with Gasteiger partial charge in [-0.15, -0.1) is 11.3 Å². The molecule has 0 aromatic carbocycles. The van der Waals surface area contributed by atoms with E-state index in [9.17, 15) is 4.79 Å². The Balaban J connectivity index is 2.01. The lowest BCUT2D eigenvalue weighted by atomic mass is 10.2. The van der Waals surface area contributed by atoms with Crippen LogP contribution in [0.4, 0.5) is 5.13 Å². The Morgan fingerprint density at radius 1 is 1.61 bits per heavy atom. The van der Waals surface area contributed by atoms with Gasteiger partial charge in [0.1, 0.15) is 0 Å². The third kappa shape index (κ3) is 3.38. The zero-order valence-corrected chi connectivity index (χ0v) is 12.3. The molecule has 0 aliphatic carbocycles. The van der Waals surface area contributed by atoms with E-state index in [4.69, 9.17) is 4.74 Å². The van der Waals surface area contributed by atoms with Gasteiger partial charge in [0.05, 0.1) is 6.61 Å². The standard InChI is InChI=1S/C12H18N2O2S2/c1-3-16-11(15)10-8(2)18-12(14-10)13-9-5-4-6-17-7-9/h9H,3-7H2,1-2H3,(H,13,14). The van der Waals surface area contributed by atoms with Crippen molar-refractivity contribution >= 4 is 34.2 Å². The summed E-state index contributed by atoms with van der Waals surface area (Å²) in [6, 6.07) is 0.476. The predicted molar refractivity (Wildman–Crippen MR) is 76.8 cm³/mol. The Labute approximate surface area is 116 Å². The summed E-state index contributed by atoms with van der Waals surface area (Å²) in [6.45, 7) is 4.10. The fourth-order valence-corrected chi connectivity index (χ4v) is 3.83. The van der Waals surface area contributed by atoms with Crippen LogP contribution in [0.15, 0.2) is 0 Å². The Hall–Kier alpha value is -0.750. The smallest absolute Gasteiger partial charge is 0.358 e. The lowest BCUT2D eigenvalue weighted by Crippen LogP contribution is -2.25. The van der Waals surface area contributed by atoms with Crippen molar-refractivity contribution in [2.45, 2.75) is 32.7 Å². The van der Waals surface area contributed by atoms with Crippen LogP contribution >= 0.6 is 23.1 Å². The van der Waals surface area contributed by atoms with E-state index in [0.29, 0.717) is 18.3 Å². The number of esters is 1. The van der Waals surface area contributed by atoms with Crippen LogP contribution < -0.4 is 5.32 Å². The number of nitrogens with one attached hydrogen (secondary N) is 1. The van der Waals surface area contributed by atoms with E-state index in [1.807, 2.05) is 18.7 Å². The molecule has 1 aliphatic rings. The van der Waals surface area contributed by atoms with Crippen molar-refractivity contribution in [1.29, 1.82) is 0 Å². The van der Waals surface area contributed by atoms with Gasteiger partial charge < -0.3 is 10.1 Å². The zero-order chi connectivity index (χ0) is 13.0. The van der Waals surface area contributed by atoms with Crippen LogP contribution in [-0.4, -0.2) is 35.1 Å². The Kier molecular flexibility index (Phi) is 4.88. The van der Waals surface area contributed by atoms with Crippen LogP contribution in [0.1, 0.15) is 35.1 Å². The number of nitrogens with zero attached hydrogens (tertiary/aromatic N) is 1. The van der Waals surface area contributed by atoms with Gasteiger partial charge in [-0.25, -0.2) is 9.78 Å². The predicted octanol–water partition coefficient (Wildman–Crippen LogP) is 2.94. The molecule has 1 aromatic rings. The summed E-state index contributed by atoms with van der Waals surface area (Å²) in [5, 5.41) is 4.25. The maximum atomic E-state index is 11.7. The molecule has 1 N–H and O–H groups in total. The van der Waals surface area contributed by atoms with Crippen molar-refractivity contribution in [3.63, 3.8) is 0 Å². The van der Waals surface area contributed by atoms with E-state index >= 15 is 0 Å². The molecule has 6 heteroatoms. The molecule has 0 radical (unpaired) electrons. The Morgan fingerprint density at radius 3 is 3.11 bits per heavy atom. The van der Waals surface area contributed by atoms with Crippen LogP contribution in [0.25, 0.3) is 0 Å². The van der Waals surface area contributed by atoms with E-state index in [2.05, 4.69) is 10.3 Å². The van der Waals surface area contributed by atoms with Gasteiger partial charge in [0.25, 0.3) is 0 Å². The topological polar surface area (TPSA) is 51.2 Å². The zero-order valence-electron chi connectivity index (χ0n) is 10.7. The molecule has 1 aliphatic heterocycles. The van der Waals surface area contributed by atoms with Crippen molar-refractivity contribution in [3.8, 4) is 0 Å². The SMILES string of the molecule is CCOC(=O)c1nc(NC2CCCSC2)sc1C. The van der Waals surface area contributed by atoms with Gasteiger partial charge in [-0.3, -0.25) is 0 Å². The number of ether oxygens (including phenoxy) is 1. The average molecular weight is 286 g/mol. The first kappa shape index (κ1) is 13.7. The number of hydrogen-bond acceptors (Lipinski definition) is 6. The second-order valence-electron chi connectivity index (χ2n) is 4.20. The molecule has 1 aromatic heterocycles.